The van der Waals surface area contributed by atoms with Gasteiger partial charge < -0.3 is 5.73 Å². The Morgan fingerprint density at radius 1 is 1.36 bits per heavy atom. The summed E-state index contributed by atoms with van der Waals surface area (Å²) in [6, 6.07) is 6.21. The Labute approximate surface area is 87.2 Å². The molecular formula is C10H13N3S. The SMILES string of the molecule is Cc1ccnn1Cc1ccc(CN)s1. The fraction of sp³-hybridized carbons (Fsp3) is 0.300. The predicted molar refractivity (Wildman–Crippen MR) is 58.3 cm³/mol. The molecule has 0 radical (unpaired) electrons. The van der Waals surface area contributed by atoms with Crippen LogP contribution in [0.15, 0.2) is 24.4 Å². The smallest absolute Gasteiger partial charge is 0.0755 e. The highest BCUT2D eigenvalue weighted by molar-refractivity contribution is 7.11. The van der Waals surface area contributed by atoms with Gasteiger partial charge in [0, 0.05) is 28.2 Å². The third-order valence-corrected chi connectivity index (χ3v) is 3.25. The standard InChI is InChI=1S/C10H13N3S/c1-8-4-5-12-13(8)7-10-3-2-9(6-11)14-10/h2-5H,6-7,11H2,1H3. The maximum absolute atomic E-state index is 5.55. The fourth-order valence-corrected chi connectivity index (χ4v) is 2.21. The summed E-state index contributed by atoms with van der Waals surface area (Å²) in [5.74, 6) is 0. The first-order chi connectivity index (χ1) is 6.79. The van der Waals surface area contributed by atoms with Crippen molar-refractivity contribution in [1.82, 2.24) is 9.78 Å². The van der Waals surface area contributed by atoms with Crippen LogP contribution in [0.25, 0.3) is 0 Å². The van der Waals surface area contributed by atoms with Gasteiger partial charge in [-0.2, -0.15) is 5.10 Å². The summed E-state index contributed by atoms with van der Waals surface area (Å²) >= 11 is 1.75. The van der Waals surface area contributed by atoms with E-state index >= 15 is 0 Å². The van der Waals surface area contributed by atoms with Crippen LogP contribution >= 0.6 is 11.3 Å². The van der Waals surface area contributed by atoms with E-state index in [2.05, 4.69) is 24.2 Å². The van der Waals surface area contributed by atoms with Crippen LogP contribution in [0.5, 0.6) is 0 Å². The first-order valence-corrected chi connectivity index (χ1v) is 5.37. The van der Waals surface area contributed by atoms with E-state index in [1.807, 2.05) is 16.9 Å². The molecule has 14 heavy (non-hydrogen) atoms. The molecule has 0 aliphatic rings. The van der Waals surface area contributed by atoms with Gasteiger partial charge in [-0.15, -0.1) is 11.3 Å². The van der Waals surface area contributed by atoms with E-state index in [1.165, 1.54) is 15.4 Å². The molecule has 74 valence electrons. The highest BCUT2D eigenvalue weighted by Crippen LogP contribution is 2.17. The summed E-state index contributed by atoms with van der Waals surface area (Å²) in [6.07, 6.45) is 1.83. The average Bonchev–Trinajstić information content (AvgIpc) is 2.77. The molecule has 0 aliphatic carbocycles. The van der Waals surface area contributed by atoms with Crippen molar-refractivity contribution in [3.05, 3.63) is 39.8 Å². The van der Waals surface area contributed by atoms with Crippen LogP contribution < -0.4 is 5.73 Å². The van der Waals surface area contributed by atoms with Crippen LogP contribution in [0.1, 0.15) is 15.4 Å². The molecule has 2 N–H and O–H groups in total. The monoisotopic (exact) mass is 207 g/mol. The van der Waals surface area contributed by atoms with Crippen molar-refractivity contribution in [2.45, 2.75) is 20.0 Å². The molecule has 0 aliphatic heterocycles. The second-order valence-electron chi connectivity index (χ2n) is 3.20. The molecule has 0 saturated heterocycles. The maximum Gasteiger partial charge on any atom is 0.0755 e. The second kappa shape index (κ2) is 3.94. The third-order valence-electron chi connectivity index (χ3n) is 2.15. The van der Waals surface area contributed by atoms with E-state index in [0.29, 0.717) is 6.54 Å². The summed E-state index contributed by atoms with van der Waals surface area (Å²) in [6.45, 7) is 3.54. The van der Waals surface area contributed by atoms with E-state index in [1.54, 1.807) is 11.3 Å². The van der Waals surface area contributed by atoms with Crippen LogP contribution in [0.4, 0.5) is 0 Å². The molecular weight excluding hydrogens is 194 g/mol. The lowest BCUT2D eigenvalue weighted by molar-refractivity contribution is 0.672. The Balaban J connectivity index is 2.15. The van der Waals surface area contributed by atoms with E-state index in [0.717, 1.165) is 6.54 Å². The van der Waals surface area contributed by atoms with Gasteiger partial charge in [-0.25, -0.2) is 0 Å². The van der Waals surface area contributed by atoms with E-state index in [-0.39, 0.29) is 0 Å². The Hall–Kier alpha value is -1.13. The Kier molecular flexibility index (Phi) is 2.65. The first-order valence-electron chi connectivity index (χ1n) is 4.55. The minimum atomic E-state index is 0.628. The second-order valence-corrected chi connectivity index (χ2v) is 4.46. The van der Waals surface area contributed by atoms with E-state index < -0.39 is 0 Å². The average molecular weight is 207 g/mol. The molecule has 2 aromatic rings. The Morgan fingerprint density at radius 3 is 2.71 bits per heavy atom. The minimum Gasteiger partial charge on any atom is -0.326 e. The summed E-state index contributed by atoms with van der Waals surface area (Å²) in [7, 11) is 0. The van der Waals surface area contributed by atoms with Crippen LogP contribution in [-0.2, 0) is 13.1 Å². The van der Waals surface area contributed by atoms with Gasteiger partial charge >= 0.3 is 0 Å². The van der Waals surface area contributed by atoms with Gasteiger partial charge in [0.1, 0.15) is 0 Å². The highest BCUT2D eigenvalue weighted by atomic mass is 32.1. The zero-order valence-electron chi connectivity index (χ0n) is 8.10. The molecule has 0 atom stereocenters. The van der Waals surface area contributed by atoms with Crippen LogP contribution in [-0.4, -0.2) is 9.78 Å². The molecule has 4 heteroatoms. The molecule has 2 heterocycles. The minimum absolute atomic E-state index is 0.628. The number of nitrogens with two attached hydrogens (primary N) is 1. The van der Waals surface area contributed by atoms with Gasteiger partial charge in [0.05, 0.1) is 6.54 Å². The van der Waals surface area contributed by atoms with Gasteiger partial charge in [-0.05, 0) is 25.1 Å². The van der Waals surface area contributed by atoms with Gasteiger partial charge in [0.15, 0.2) is 0 Å². The number of hydrogen-bond acceptors (Lipinski definition) is 3. The molecule has 0 spiro atoms. The molecule has 0 bridgehead atoms. The third kappa shape index (κ3) is 1.86. The van der Waals surface area contributed by atoms with Gasteiger partial charge in [0.2, 0.25) is 0 Å². The lowest BCUT2D eigenvalue weighted by Gasteiger charge is -2.00. The largest absolute Gasteiger partial charge is 0.326 e. The molecule has 0 saturated carbocycles. The fourth-order valence-electron chi connectivity index (χ4n) is 1.33. The molecule has 0 aromatic carbocycles. The van der Waals surface area contributed by atoms with Crippen LogP contribution in [0.2, 0.25) is 0 Å². The van der Waals surface area contributed by atoms with Crippen molar-refractivity contribution < 1.29 is 0 Å². The number of aromatic nitrogens is 2. The zero-order valence-corrected chi connectivity index (χ0v) is 8.92. The van der Waals surface area contributed by atoms with Crippen molar-refractivity contribution in [3.8, 4) is 0 Å². The quantitative estimate of drug-likeness (QED) is 0.833. The summed E-state index contributed by atoms with van der Waals surface area (Å²) < 4.78 is 1.99. The maximum atomic E-state index is 5.55. The number of rotatable bonds is 3. The molecule has 2 aromatic heterocycles. The van der Waals surface area contributed by atoms with Crippen LogP contribution in [0, 0.1) is 6.92 Å². The lowest BCUT2D eigenvalue weighted by Crippen LogP contribution is -2.01. The van der Waals surface area contributed by atoms with Crippen molar-refractivity contribution in [2.24, 2.45) is 5.73 Å². The number of nitrogens with zero attached hydrogens (tertiary/aromatic N) is 2. The number of hydrogen-bond donors (Lipinski definition) is 1. The van der Waals surface area contributed by atoms with Crippen molar-refractivity contribution in [3.63, 3.8) is 0 Å². The highest BCUT2D eigenvalue weighted by Gasteiger charge is 2.01. The number of aryl methyl sites for hydroxylation is 1. The number of thiophene rings is 1. The Bertz CT molecular complexity index is 416. The predicted octanol–water partition coefficient (Wildman–Crippen LogP) is 1.76. The van der Waals surface area contributed by atoms with Gasteiger partial charge in [-0.3, -0.25) is 4.68 Å². The first kappa shape index (κ1) is 9.43. The Morgan fingerprint density at radius 2 is 2.14 bits per heavy atom. The van der Waals surface area contributed by atoms with Crippen molar-refractivity contribution >= 4 is 11.3 Å². The summed E-state index contributed by atoms with van der Waals surface area (Å²) in [4.78, 5) is 2.53. The molecule has 0 fully saturated rings. The zero-order chi connectivity index (χ0) is 9.97. The molecule has 3 nitrogen and oxygen atoms in total. The van der Waals surface area contributed by atoms with E-state index in [9.17, 15) is 0 Å². The van der Waals surface area contributed by atoms with Gasteiger partial charge in [0.25, 0.3) is 0 Å². The lowest BCUT2D eigenvalue weighted by atomic mass is 10.4. The van der Waals surface area contributed by atoms with Crippen molar-refractivity contribution in [2.75, 3.05) is 0 Å². The molecule has 2 rings (SSSR count). The topological polar surface area (TPSA) is 43.8 Å². The van der Waals surface area contributed by atoms with Gasteiger partial charge in [-0.1, -0.05) is 0 Å². The summed E-state index contributed by atoms with van der Waals surface area (Å²) in [5, 5.41) is 4.24. The molecule has 0 unspecified atom stereocenters. The van der Waals surface area contributed by atoms with Crippen LogP contribution in [0.3, 0.4) is 0 Å². The normalized spacial score (nSPS) is 10.7. The van der Waals surface area contributed by atoms with E-state index in [4.69, 9.17) is 5.73 Å². The summed E-state index contributed by atoms with van der Waals surface area (Å²) in [5.41, 5.74) is 6.74. The molecule has 0 amide bonds. The van der Waals surface area contributed by atoms with Crippen molar-refractivity contribution in [1.29, 1.82) is 0 Å².